The van der Waals surface area contributed by atoms with Gasteiger partial charge in [-0.05, 0) is 49.9 Å². The van der Waals surface area contributed by atoms with Crippen molar-refractivity contribution in [2.75, 3.05) is 5.32 Å². The average molecular weight is 250 g/mol. The monoisotopic (exact) mass is 250 g/mol. The van der Waals surface area contributed by atoms with Crippen LogP contribution in [-0.4, -0.2) is 11.9 Å². The summed E-state index contributed by atoms with van der Waals surface area (Å²) in [6.45, 7) is 1.80. The fourth-order valence-electron chi connectivity index (χ4n) is 2.52. The maximum atomic E-state index is 13.2. The maximum Gasteiger partial charge on any atom is 0.227 e. The Balaban J connectivity index is 2.02. The molecule has 1 aliphatic carbocycles. The van der Waals surface area contributed by atoms with Crippen LogP contribution in [-0.2, 0) is 4.79 Å². The number of carbonyl (C=O) groups excluding carboxylic acids is 1. The second kappa shape index (κ2) is 5.48. The molecule has 2 atom stereocenters. The number of hydrogen-bond acceptors (Lipinski definition) is 2. The zero-order valence-electron chi connectivity index (χ0n) is 10.6. The van der Waals surface area contributed by atoms with Crippen molar-refractivity contribution < 1.29 is 9.18 Å². The lowest BCUT2D eigenvalue weighted by Crippen LogP contribution is -2.34. The summed E-state index contributed by atoms with van der Waals surface area (Å²) in [6, 6.07) is 4.66. The van der Waals surface area contributed by atoms with Gasteiger partial charge < -0.3 is 11.1 Å². The van der Waals surface area contributed by atoms with Gasteiger partial charge in [0.1, 0.15) is 5.82 Å². The van der Waals surface area contributed by atoms with E-state index in [1.165, 1.54) is 12.1 Å². The van der Waals surface area contributed by atoms with E-state index in [4.69, 9.17) is 5.73 Å². The number of amides is 1. The van der Waals surface area contributed by atoms with Crippen LogP contribution in [0.2, 0.25) is 0 Å². The summed E-state index contributed by atoms with van der Waals surface area (Å²) in [5.74, 6) is -0.418. The van der Waals surface area contributed by atoms with Crippen molar-refractivity contribution in [2.45, 2.75) is 38.6 Å². The molecule has 18 heavy (non-hydrogen) atoms. The highest BCUT2D eigenvalue weighted by atomic mass is 19.1. The molecule has 1 saturated carbocycles. The van der Waals surface area contributed by atoms with Crippen LogP contribution in [0.15, 0.2) is 18.2 Å². The van der Waals surface area contributed by atoms with Gasteiger partial charge in [-0.3, -0.25) is 4.79 Å². The van der Waals surface area contributed by atoms with E-state index in [0.717, 1.165) is 31.2 Å². The quantitative estimate of drug-likeness (QED) is 0.847. The van der Waals surface area contributed by atoms with E-state index in [2.05, 4.69) is 5.32 Å². The van der Waals surface area contributed by atoms with Gasteiger partial charge in [0.15, 0.2) is 0 Å². The van der Waals surface area contributed by atoms with Crippen molar-refractivity contribution in [3.05, 3.63) is 29.6 Å². The second-order valence-corrected chi connectivity index (χ2v) is 5.13. The van der Waals surface area contributed by atoms with Crippen molar-refractivity contribution >= 4 is 11.6 Å². The molecule has 0 bridgehead atoms. The van der Waals surface area contributed by atoms with E-state index in [0.29, 0.717) is 5.69 Å². The number of hydrogen-bond donors (Lipinski definition) is 2. The van der Waals surface area contributed by atoms with Crippen molar-refractivity contribution in [1.82, 2.24) is 0 Å². The van der Waals surface area contributed by atoms with Gasteiger partial charge in [0.05, 0.1) is 0 Å². The molecule has 1 aromatic rings. The van der Waals surface area contributed by atoms with E-state index in [-0.39, 0.29) is 23.7 Å². The zero-order valence-corrected chi connectivity index (χ0v) is 10.6. The largest absolute Gasteiger partial charge is 0.328 e. The molecular weight excluding hydrogens is 231 g/mol. The first-order chi connectivity index (χ1) is 8.54. The minimum absolute atomic E-state index is 0.0441. The van der Waals surface area contributed by atoms with Crippen LogP contribution in [0.3, 0.4) is 0 Å². The molecule has 4 heteroatoms. The number of benzene rings is 1. The Morgan fingerprint density at radius 1 is 1.39 bits per heavy atom. The highest BCUT2D eigenvalue weighted by molar-refractivity contribution is 5.92. The van der Waals surface area contributed by atoms with Crippen molar-refractivity contribution in [1.29, 1.82) is 0 Å². The Morgan fingerprint density at radius 2 is 2.17 bits per heavy atom. The standard InChI is InChI=1S/C14H19FN2O/c1-9-5-11(15)8-13(6-9)17-14(18)10-3-2-4-12(16)7-10/h5-6,8,10,12H,2-4,7,16H2,1H3,(H,17,18). The molecule has 0 aromatic heterocycles. The number of aryl methyl sites for hydroxylation is 1. The van der Waals surface area contributed by atoms with E-state index in [1.54, 1.807) is 13.0 Å². The molecule has 1 fully saturated rings. The van der Waals surface area contributed by atoms with Crippen LogP contribution in [0.25, 0.3) is 0 Å². The lowest BCUT2D eigenvalue weighted by atomic mass is 9.85. The van der Waals surface area contributed by atoms with Gasteiger partial charge in [-0.15, -0.1) is 0 Å². The van der Waals surface area contributed by atoms with Gasteiger partial charge in [-0.2, -0.15) is 0 Å². The molecule has 3 nitrogen and oxygen atoms in total. The van der Waals surface area contributed by atoms with E-state index >= 15 is 0 Å². The predicted octanol–water partition coefficient (Wildman–Crippen LogP) is 2.59. The summed E-state index contributed by atoms with van der Waals surface area (Å²) in [7, 11) is 0. The Labute approximate surface area is 107 Å². The molecule has 1 aliphatic rings. The summed E-state index contributed by atoms with van der Waals surface area (Å²) >= 11 is 0. The second-order valence-electron chi connectivity index (χ2n) is 5.13. The molecule has 0 aliphatic heterocycles. The van der Waals surface area contributed by atoms with Crippen molar-refractivity contribution in [3.8, 4) is 0 Å². The fourth-order valence-corrected chi connectivity index (χ4v) is 2.52. The molecular formula is C14H19FN2O. The van der Waals surface area contributed by atoms with Crippen LogP contribution in [0.5, 0.6) is 0 Å². The summed E-state index contributed by atoms with van der Waals surface area (Å²) in [5.41, 5.74) is 7.19. The first-order valence-corrected chi connectivity index (χ1v) is 6.38. The van der Waals surface area contributed by atoms with Crippen LogP contribution >= 0.6 is 0 Å². The molecule has 3 N–H and O–H groups in total. The number of nitrogens with two attached hydrogens (primary N) is 1. The Kier molecular flexibility index (Phi) is 3.97. The minimum Gasteiger partial charge on any atom is -0.328 e. The van der Waals surface area contributed by atoms with Gasteiger partial charge in [-0.25, -0.2) is 4.39 Å². The molecule has 0 spiro atoms. The molecule has 1 amide bonds. The van der Waals surface area contributed by atoms with E-state index < -0.39 is 0 Å². The first-order valence-electron chi connectivity index (χ1n) is 6.38. The third-order valence-electron chi connectivity index (χ3n) is 3.40. The van der Waals surface area contributed by atoms with Gasteiger partial charge in [0.25, 0.3) is 0 Å². The average Bonchev–Trinajstić information content (AvgIpc) is 2.27. The van der Waals surface area contributed by atoms with Gasteiger partial charge in [0.2, 0.25) is 5.91 Å². The SMILES string of the molecule is Cc1cc(F)cc(NC(=O)C2CCCC(N)C2)c1. The lowest BCUT2D eigenvalue weighted by Gasteiger charge is -2.25. The zero-order chi connectivity index (χ0) is 13.1. The van der Waals surface area contributed by atoms with Crippen molar-refractivity contribution in [3.63, 3.8) is 0 Å². The lowest BCUT2D eigenvalue weighted by molar-refractivity contribution is -0.120. The number of carbonyl (C=O) groups is 1. The Morgan fingerprint density at radius 3 is 2.83 bits per heavy atom. The molecule has 1 aromatic carbocycles. The summed E-state index contributed by atoms with van der Waals surface area (Å²) in [4.78, 5) is 12.0. The fraction of sp³-hybridized carbons (Fsp3) is 0.500. The van der Waals surface area contributed by atoms with Crippen LogP contribution in [0.4, 0.5) is 10.1 Å². The third-order valence-corrected chi connectivity index (χ3v) is 3.40. The molecule has 2 rings (SSSR count). The number of nitrogens with one attached hydrogen (secondary N) is 1. The Hall–Kier alpha value is -1.42. The van der Waals surface area contributed by atoms with Gasteiger partial charge in [0, 0.05) is 17.6 Å². The maximum absolute atomic E-state index is 13.2. The summed E-state index contributed by atoms with van der Waals surface area (Å²) < 4.78 is 13.2. The summed E-state index contributed by atoms with van der Waals surface area (Å²) in [5, 5.41) is 2.78. The topological polar surface area (TPSA) is 55.1 Å². The van der Waals surface area contributed by atoms with Crippen molar-refractivity contribution in [2.24, 2.45) is 11.7 Å². The van der Waals surface area contributed by atoms with E-state index in [9.17, 15) is 9.18 Å². The van der Waals surface area contributed by atoms with Crippen LogP contribution in [0, 0.1) is 18.7 Å². The van der Waals surface area contributed by atoms with Crippen LogP contribution < -0.4 is 11.1 Å². The smallest absolute Gasteiger partial charge is 0.227 e. The Bertz CT molecular complexity index is 427. The number of rotatable bonds is 2. The predicted molar refractivity (Wildman–Crippen MR) is 69.7 cm³/mol. The molecule has 0 saturated heterocycles. The molecule has 2 unspecified atom stereocenters. The summed E-state index contributed by atoms with van der Waals surface area (Å²) in [6.07, 6.45) is 3.57. The highest BCUT2D eigenvalue weighted by Gasteiger charge is 2.25. The van der Waals surface area contributed by atoms with Crippen LogP contribution in [0.1, 0.15) is 31.2 Å². The molecule has 98 valence electrons. The van der Waals surface area contributed by atoms with Gasteiger partial charge >= 0.3 is 0 Å². The number of anilines is 1. The molecule has 0 heterocycles. The highest BCUT2D eigenvalue weighted by Crippen LogP contribution is 2.24. The minimum atomic E-state index is -0.328. The first kappa shape index (κ1) is 13.0. The normalized spacial score (nSPS) is 23.7. The van der Waals surface area contributed by atoms with Gasteiger partial charge in [-0.1, -0.05) is 6.42 Å². The molecule has 0 radical (unpaired) electrons. The number of halogens is 1. The third kappa shape index (κ3) is 3.29. The van der Waals surface area contributed by atoms with E-state index in [1.807, 2.05) is 0 Å².